The topological polar surface area (TPSA) is 3.24 Å². The summed E-state index contributed by atoms with van der Waals surface area (Å²) in [6.07, 6.45) is 2.86. The van der Waals surface area contributed by atoms with Crippen LogP contribution in [0.2, 0.25) is 0 Å². The van der Waals surface area contributed by atoms with E-state index in [1.54, 1.807) is 0 Å². The smallest absolute Gasteiger partial charge is 0.0192 e. The second-order valence-electron chi connectivity index (χ2n) is 6.90. The summed E-state index contributed by atoms with van der Waals surface area (Å²) in [6, 6.07) is 0.852. The molecule has 14 heavy (non-hydrogen) atoms. The lowest BCUT2D eigenvalue weighted by Crippen LogP contribution is -2.58. The van der Waals surface area contributed by atoms with Crippen LogP contribution in [0.25, 0.3) is 0 Å². The Kier molecular flexibility index (Phi) is 2.06. The molecule has 1 nitrogen and oxygen atoms in total. The first kappa shape index (κ1) is 10.5. The van der Waals surface area contributed by atoms with Crippen molar-refractivity contribution in [2.45, 2.75) is 71.5 Å². The highest BCUT2D eigenvalue weighted by atomic mass is 15.3. The highest BCUT2D eigenvalue weighted by Gasteiger charge is 2.56. The van der Waals surface area contributed by atoms with Crippen LogP contribution in [0.3, 0.4) is 0 Å². The third-order valence-electron chi connectivity index (χ3n) is 4.47. The van der Waals surface area contributed by atoms with Crippen LogP contribution in [0.5, 0.6) is 0 Å². The maximum Gasteiger partial charge on any atom is 0.0192 e. The molecule has 0 aromatic carbocycles. The van der Waals surface area contributed by atoms with Gasteiger partial charge in [0.05, 0.1) is 0 Å². The number of hydrogen-bond donors (Lipinski definition) is 0. The fourth-order valence-corrected chi connectivity index (χ4v) is 4.47. The molecule has 82 valence electrons. The van der Waals surface area contributed by atoms with E-state index in [1.807, 2.05) is 0 Å². The lowest BCUT2D eigenvalue weighted by atomic mass is 9.78. The lowest BCUT2D eigenvalue weighted by molar-refractivity contribution is -0.0259. The molecule has 1 heterocycles. The van der Waals surface area contributed by atoms with Crippen LogP contribution >= 0.6 is 0 Å². The van der Waals surface area contributed by atoms with Crippen molar-refractivity contribution in [3.05, 3.63) is 0 Å². The van der Waals surface area contributed by atoms with Crippen LogP contribution < -0.4 is 0 Å². The molecule has 1 aliphatic carbocycles. The Morgan fingerprint density at radius 1 is 1.14 bits per heavy atom. The molecule has 0 N–H and O–H groups in total. The zero-order chi connectivity index (χ0) is 10.7. The molecular formula is C13H25N. The Bertz CT molecular complexity index is 236. The van der Waals surface area contributed by atoms with Gasteiger partial charge < -0.3 is 0 Å². The summed E-state index contributed by atoms with van der Waals surface area (Å²) in [7, 11) is 0. The van der Waals surface area contributed by atoms with Crippen LogP contribution in [0.4, 0.5) is 0 Å². The minimum atomic E-state index is 0.336. The summed E-state index contributed by atoms with van der Waals surface area (Å²) in [4.78, 5) is 2.77. The van der Waals surface area contributed by atoms with Crippen molar-refractivity contribution in [3.63, 3.8) is 0 Å². The molecule has 2 bridgehead atoms. The van der Waals surface area contributed by atoms with Gasteiger partial charge in [0.15, 0.2) is 0 Å². The van der Waals surface area contributed by atoms with Crippen molar-refractivity contribution in [3.8, 4) is 0 Å². The van der Waals surface area contributed by atoms with Crippen molar-refractivity contribution >= 4 is 0 Å². The number of likely N-dealkylation sites (tertiary alicyclic amines) is 1. The molecule has 0 aromatic heterocycles. The SMILES string of the molecule is C[C@@H]1C[C@H]2C[C@@H]1C(C)(C)N2C(C)(C)C. The first-order valence-corrected chi connectivity index (χ1v) is 6.04. The molecule has 0 unspecified atom stereocenters. The summed E-state index contributed by atoms with van der Waals surface area (Å²) in [5.74, 6) is 1.86. The Morgan fingerprint density at radius 3 is 2.07 bits per heavy atom. The highest BCUT2D eigenvalue weighted by Crippen LogP contribution is 2.54. The molecule has 0 spiro atoms. The first-order valence-electron chi connectivity index (χ1n) is 6.04. The van der Waals surface area contributed by atoms with Crippen LogP contribution in [-0.2, 0) is 0 Å². The Balaban J connectivity index is 2.30. The predicted molar refractivity (Wildman–Crippen MR) is 61.3 cm³/mol. The molecule has 2 aliphatic rings. The summed E-state index contributed by atoms with van der Waals surface area (Å²) >= 11 is 0. The van der Waals surface area contributed by atoms with Gasteiger partial charge in [-0.05, 0) is 59.3 Å². The van der Waals surface area contributed by atoms with E-state index < -0.39 is 0 Å². The third kappa shape index (κ3) is 1.25. The second kappa shape index (κ2) is 2.75. The van der Waals surface area contributed by atoms with E-state index in [2.05, 4.69) is 46.4 Å². The van der Waals surface area contributed by atoms with E-state index in [9.17, 15) is 0 Å². The van der Waals surface area contributed by atoms with Crippen LogP contribution in [0, 0.1) is 11.8 Å². The summed E-state index contributed by atoms with van der Waals surface area (Å²) in [5.41, 5.74) is 0.754. The van der Waals surface area contributed by atoms with Crippen LogP contribution in [0.1, 0.15) is 54.4 Å². The van der Waals surface area contributed by atoms with Gasteiger partial charge in [0.25, 0.3) is 0 Å². The molecule has 0 radical (unpaired) electrons. The molecule has 2 rings (SSSR count). The third-order valence-corrected chi connectivity index (χ3v) is 4.47. The number of nitrogens with zero attached hydrogens (tertiary/aromatic N) is 1. The predicted octanol–water partition coefficient (Wildman–Crippen LogP) is 3.29. The quantitative estimate of drug-likeness (QED) is 0.573. The maximum atomic E-state index is 2.77. The Hall–Kier alpha value is -0.0400. The van der Waals surface area contributed by atoms with Gasteiger partial charge in [0.2, 0.25) is 0 Å². The van der Waals surface area contributed by atoms with Gasteiger partial charge in [-0.15, -0.1) is 0 Å². The molecular weight excluding hydrogens is 170 g/mol. The average Bonchev–Trinajstić information content (AvgIpc) is 2.36. The van der Waals surface area contributed by atoms with Crippen molar-refractivity contribution in [1.82, 2.24) is 4.90 Å². The van der Waals surface area contributed by atoms with E-state index in [0.29, 0.717) is 11.1 Å². The van der Waals surface area contributed by atoms with Gasteiger partial charge >= 0.3 is 0 Å². The Morgan fingerprint density at radius 2 is 1.71 bits per heavy atom. The summed E-state index contributed by atoms with van der Waals surface area (Å²) in [6.45, 7) is 14.4. The van der Waals surface area contributed by atoms with Gasteiger partial charge in [0, 0.05) is 17.1 Å². The number of rotatable bonds is 0. The number of piperidine rings is 1. The van der Waals surface area contributed by atoms with E-state index >= 15 is 0 Å². The Labute approximate surface area is 88.9 Å². The maximum absolute atomic E-state index is 2.77. The van der Waals surface area contributed by atoms with Crippen LogP contribution in [0.15, 0.2) is 0 Å². The second-order valence-corrected chi connectivity index (χ2v) is 6.90. The van der Waals surface area contributed by atoms with Crippen LogP contribution in [-0.4, -0.2) is 22.0 Å². The van der Waals surface area contributed by atoms with E-state index in [1.165, 1.54) is 12.8 Å². The van der Waals surface area contributed by atoms with Crippen molar-refractivity contribution in [2.75, 3.05) is 0 Å². The fraction of sp³-hybridized carbons (Fsp3) is 1.00. The molecule has 1 aliphatic heterocycles. The molecule has 0 amide bonds. The monoisotopic (exact) mass is 195 g/mol. The summed E-state index contributed by atoms with van der Waals surface area (Å²) in [5, 5.41) is 0. The van der Waals surface area contributed by atoms with Crippen molar-refractivity contribution in [1.29, 1.82) is 0 Å². The van der Waals surface area contributed by atoms with Gasteiger partial charge in [-0.1, -0.05) is 6.92 Å². The molecule has 1 saturated carbocycles. The standard InChI is InChI=1S/C13H25N/c1-9-7-10-8-11(9)13(5,6)14(10)12(2,3)4/h9-11H,7-8H2,1-6H3/t9-,10+,11+/m1/s1. The van der Waals surface area contributed by atoms with Crippen molar-refractivity contribution < 1.29 is 0 Å². The average molecular weight is 195 g/mol. The van der Waals surface area contributed by atoms with Gasteiger partial charge in [-0.2, -0.15) is 0 Å². The van der Waals surface area contributed by atoms with E-state index in [0.717, 1.165) is 17.9 Å². The first-order chi connectivity index (χ1) is 6.24. The van der Waals surface area contributed by atoms with Crippen molar-refractivity contribution in [2.24, 2.45) is 11.8 Å². The number of hydrogen-bond acceptors (Lipinski definition) is 1. The van der Waals surface area contributed by atoms with E-state index in [-0.39, 0.29) is 0 Å². The summed E-state index contributed by atoms with van der Waals surface area (Å²) < 4.78 is 0. The number of fused-ring (bicyclic) bond motifs is 2. The minimum Gasteiger partial charge on any atom is -0.290 e. The normalized spacial score (nSPS) is 42.0. The van der Waals surface area contributed by atoms with Gasteiger partial charge in [-0.25, -0.2) is 0 Å². The molecule has 3 atom stereocenters. The fourth-order valence-electron chi connectivity index (χ4n) is 4.47. The minimum absolute atomic E-state index is 0.336. The zero-order valence-electron chi connectivity index (χ0n) is 10.6. The van der Waals surface area contributed by atoms with E-state index in [4.69, 9.17) is 0 Å². The molecule has 2 fully saturated rings. The molecule has 0 aromatic rings. The van der Waals surface area contributed by atoms with Gasteiger partial charge in [0.1, 0.15) is 0 Å². The molecule has 1 heteroatoms. The molecule has 1 saturated heterocycles. The largest absolute Gasteiger partial charge is 0.290 e. The van der Waals surface area contributed by atoms with Gasteiger partial charge in [-0.3, -0.25) is 4.90 Å². The highest BCUT2D eigenvalue weighted by molar-refractivity contribution is 5.11. The zero-order valence-corrected chi connectivity index (χ0v) is 10.6. The lowest BCUT2D eigenvalue weighted by Gasteiger charge is -2.51.